The minimum Gasteiger partial charge on any atom is -0.744 e. The van der Waals surface area contributed by atoms with E-state index in [0.717, 1.165) is 61.0 Å². The number of amides is 1. The van der Waals surface area contributed by atoms with E-state index in [0.29, 0.717) is 28.0 Å². The molecule has 1 aliphatic carbocycles. The third kappa shape index (κ3) is 9.79. The van der Waals surface area contributed by atoms with Gasteiger partial charge in [0.2, 0.25) is 0 Å². The van der Waals surface area contributed by atoms with Crippen molar-refractivity contribution in [2.24, 2.45) is 7.05 Å². The lowest BCUT2D eigenvalue weighted by Crippen LogP contribution is -2.38. The molecule has 0 unspecified atom stereocenters. The number of carbonyl (C=O) groups is 1. The van der Waals surface area contributed by atoms with Crippen LogP contribution in [-0.4, -0.2) is 76.2 Å². The predicted octanol–water partition coefficient (Wildman–Crippen LogP) is 6.50. The zero-order valence-electron chi connectivity index (χ0n) is 30.9. The topological polar surface area (TPSA) is 135 Å². The lowest BCUT2D eigenvalue weighted by Gasteiger charge is -2.24. The molecule has 12 nitrogen and oxygen atoms in total. The molecule has 290 valence electrons. The van der Waals surface area contributed by atoms with E-state index in [2.05, 4.69) is 36.4 Å². The number of rotatable bonds is 9. The van der Waals surface area contributed by atoms with Gasteiger partial charge >= 0.3 is 6.18 Å². The number of likely N-dealkylation sites (N-methyl/N-ethyl adjacent to an activating group) is 1. The van der Waals surface area contributed by atoms with Crippen molar-refractivity contribution in [1.29, 1.82) is 0 Å². The highest BCUT2D eigenvalue weighted by molar-refractivity contribution is 7.85. The summed E-state index contributed by atoms with van der Waals surface area (Å²) in [5.41, 5.74) is 0.798. The van der Waals surface area contributed by atoms with Gasteiger partial charge in [0.1, 0.15) is 21.4 Å². The van der Waals surface area contributed by atoms with Gasteiger partial charge in [-0.15, -0.1) is 0 Å². The Morgan fingerprint density at radius 1 is 1.00 bits per heavy atom. The minimum absolute atomic E-state index is 0.0219. The fourth-order valence-corrected chi connectivity index (χ4v) is 6.97. The van der Waals surface area contributed by atoms with E-state index in [9.17, 15) is 35.7 Å². The summed E-state index contributed by atoms with van der Waals surface area (Å²) < 4.78 is 76.6. The Hall–Kier alpha value is -5.50. The minimum atomic E-state index is -4.62. The molecule has 0 spiro atoms. The summed E-state index contributed by atoms with van der Waals surface area (Å²) in [7, 11) is 3.51. The average molecular weight is 778 g/mol. The monoisotopic (exact) mass is 777 g/mol. The van der Waals surface area contributed by atoms with E-state index in [1.54, 1.807) is 42.2 Å². The number of alkyl halides is 3. The van der Waals surface area contributed by atoms with E-state index < -0.39 is 33.3 Å². The molecule has 0 saturated heterocycles. The number of carbonyl (C=O) groups excluding carboxylic acids is 1. The fourth-order valence-electron chi connectivity index (χ4n) is 6.48. The van der Waals surface area contributed by atoms with Gasteiger partial charge in [0, 0.05) is 19.5 Å². The molecule has 1 amide bonds. The lowest BCUT2D eigenvalue weighted by molar-refractivity contribution is -0.870. The summed E-state index contributed by atoms with van der Waals surface area (Å²) in [4.78, 5) is 31.4. The Morgan fingerprint density at radius 2 is 1.69 bits per heavy atom. The van der Waals surface area contributed by atoms with Crippen LogP contribution in [0.5, 0.6) is 0 Å². The van der Waals surface area contributed by atoms with Crippen LogP contribution in [0.15, 0.2) is 94.7 Å². The average Bonchev–Trinajstić information content (AvgIpc) is 3.72. The smallest absolute Gasteiger partial charge is 0.416 e. The predicted molar refractivity (Wildman–Crippen MR) is 200 cm³/mol. The number of nitrogens with one attached hydrogen (secondary N) is 1. The van der Waals surface area contributed by atoms with Crippen molar-refractivity contribution >= 4 is 21.7 Å². The van der Waals surface area contributed by atoms with E-state index >= 15 is 0 Å². The first kappa shape index (κ1) is 40.7. The summed E-state index contributed by atoms with van der Waals surface area (Å²) in [5, 5.41) is 7.59. The van der Waals surface area contributed by atoms with Gasteiger partial charge in [0.25, 0.3) is 11.5 Å². The Morgan fingerprint density at radius 3 is 2.29 bits per heavy atom. The molecule has 6 rings (SSSR count). The Bertz CT molecular complexity index is 2360. The number of hydrogen-bond donors (Lipinski definition) is 1. The van der Waals surface area contributed by atoms with Crippen LogP contribution in [-0.2, 0) is 29.8 Å². The quantitative estimate of drug-likeness (QED) is 0.103. The van der Waals surface area contributed by atoms with Gasteiger partial charge in [-0.3, -0.25) is 14.3 Å². The summed E-state index contributed by atoms with van der Waals surface area (Å²) in [6.07, 6.45) is 2.14. The van der Waals surface area contributed by atoms with Gasteiger partial charge in [-0.1, -0.05) is 55.7 Å². The molecule has 0 radical (unpaired) electrons. The van der Waals surface area contributed by atoms with Crippen molar-refractivity contribution in [3.8, 4) is 22.8 Å². The molecule has 1 saturated carbocycles. The number of quaternary nitrogens is 1. The molecule has 1 aliphatic rings. The summed E-state index contributed by atoms with van der Waals surface area (Å²) in [5.74, 6) is -0.579. The van der Waals surface area contributed by atoms with E-state index in [1.807, 2.05) is 6.07 Å². The maximum Gasteiger partial charge on any atom is 0.416 e. The number of hydrogen-bond acceptors (Lipinski definition) is 6. The first-order chi connectivity index (χ1) is 25.9. The van der Waals surface area contributed by atoms with Crippen LogP contribution in [0.3, 0.4) is 0 Å². The van der Waals surface area contributed by atoms with Crippen LogP contribution in [0.4, 0.5) is 18.9 Å². The van der Waals surface area contributed by atoms with Crippen molar-refractivity contribution in [3.63, 3.8) is 0 Å². The first-order valence-corrected chi connectivity index (χ1v) is 19.0. The largest absolute Gasteiger partial charge is 0.744 e. The summed E-state index contributed by atoms with van der Waals surface area (Å²) in [6.45, 7) is 8.30. The van der Waals surface area contributed by atoms with Crippen LogP contribution in [0.2, 0.25) is 0 Å². The fraction of sp³-hybridized carbons (Fsp3) is 0.333. The molecule has 1 fully saturated rings. The van der Waals surface area contributed by atoms with Crippen LogP contribution in [0, 0.1) is 6.57 Å². The van der Waals surface area contributed by atoms with Crippen molar-refractivity contribution in [3.05, 3.63) is 124 Å². The summed E-state index contributed by atoms with van der Waals surface area (Å²) in [6, 6.07) is 18.5. The molecule has 3 aromatic carbocycles. The first-order valence-electron chi connectivity index (χ1n) is 17.6. The number of nitrogens with zero attached hydrogens (tertiary/aromatic N) is 6. The molecule has 16 heteroatoms. The van der Waals surface area contributed by atoms with Crippen molar-refractivity contribution < 1.29 is 35.4 Å². The second-order valence-corrected chi connectivity index (χ2v) is 15.7. The van der Waals surface area contributed by atoms with Gasteiger partial charge in [-0.25, -0.2) is 22.6 Å². The van der Waals surface area contributed by atoms with Crippen molar-refractivity contribution in [1.82, 2.24) is 24.5 Å². The van der Waals surface area contributed by atoms with Crippen LogP contribution in [0.25, 0.3) is 27.6 Å². The number of benzene rings is 3. The second-order valence-electron chi connectivity index (χ2n) is 14.3. The van der Waals surface area contributed by atoms with Gasteiger partial charge < -0.3 is 14.4 Å². The molecular formula is C39H42F3N7O5S. The third-order valence-corrected chi connectivity index (χ3v) is 10.1. The highest BCUT2D eigenvalue weighted by atomic mass is 32.2. The summed E-state index contributed by atoms with van der Waals surface area (Å²) >= 11 is 0. The molecule has 55 heavy (non-hydrogen) atoms. The highest BCUT2D eigenvalue weighted by Crippen LogP contribution is 2.33. The van der Waals surface area contributed by atoms with Crippen molar-refractivity contribution in [2.75, 3.05) is 27.7 Å². The van der Waals surface area contributed by atoms with Gasteiger partial charge in [0.05, 0.1) is 68.0 Å². The Balaban J connectivity index is 0.000000504. The molecule has 2 heterocycles. The highest BCUT2D eigenvalue weighted by Gasteiger charge is 2.33. The third-order valence-electron chi connectivity index (χ3n) is 9.24. The zero-order valence-corrected chi connectivity index (χ0v) is 31.7. The lowest BCUT2D eigenvalue weighted by atomic mass is 9.95. The zero-order chi connectivity index (χ0) is 40.1. The number of aromatic nitrogens is 4. The van der Waals surface area contributed by atoms with Crippen LogP contribution >= 0.6 is 0 Å². The SMILES string of the molecule is O=S(=O)([O-])c1ccccc1.[C-]#[N+]c1ccc(-n2nccc2-c2c(C(=O)NC3CCCCC3)c(=O)n(-c3cccc(C(F)(F)F)c3)n2C)c(CC[N+](C)(C)C)c1. The van der Waals surface area contributed by atoms with E-state index in [4.69, 9.17) is 6.57 Å². The molecule has 0 aliphatic heterocycles. The Labute approximate surface area is 317 Å². The van der Waals surface area contributed by atoms with Crippen LogP contribution in [0.1, 0.15) is 53.6 Å². The second kappa shape index (κ2) is 16.5. The molecule has 2 aromatic heterocycles. The molecule has 5 aromatic rings. The Kier molecular flexibility index (Phi) is 12.2. The van der Waals surface area contributed by atoms with E-state index in [1.165, 1.54) is 41.1 Å². The maximum absolute atomic E-state index is 14.1. The van der Waals surface area contributed by atoms with E-state index in [-0.39, 0.29) is 27.9 Å². The molecule has 1 N–H and O–H groups in total. The normalized spacial score (nSPS) is 13.8. The van der Waals surface area contributed by atoms with Crippen molar-refractivity contribution in [2.45, 2.75) is 55.6 Å². The number of halogens is 3. The molecular weight excluding hydrogens is 736 g/mol. The molecule has 0 atom stereocenters. The van der Waals surface area contributed by atoms with Gasteiger partial charge in [-0.2, -0.15) is 18.3 Å². The van der Waals surface area contributed by atoms with Gasteiger partial charge in [0.15, 0.2) is 5.69 Å². The van der Waals surface area contributed by atoms with Crippen LogP contribution < -0.4 is 10.9 Å². The van der Waals surface area contributed by atoms with Gasteiger partial charge in [-0.05, 0) is 60.9 Å². The standard InChI is InChI=1S/C33H36F3N7O2.C6H6O3S/c1-37-25-14-15-27(22(20-25)17-19-43(3,4)5)41-28(16-18-38-41)30-29(31(44)39-24-11-7-6-8-12-24)32(45)42(40(30)2)26-13-9-10-23(21-26)33(34,35)36;7-10(8,9)6-4-2-1-3-5-6/h9-10,13-16,18,20-21,24H,6-8,11-12,17,19H2,2-5H3;1-5H,(H,7,8,9). The molecule has 0 bridgehead atoms. The maximum atomic E-state index is 14.1.